The molecule has 0 bridgehead atoms. The van der Waals surface area contributed by atoms with E-state index in [1.54, 1.807) is 0 Å². The molecule has 0 amide bonds. The number of oxazole rings is 1. The highest BCUT2D eigenvalue weighted by Crippen LogP contribution is 2.39. The van der Waals surface area contributed by atoms with E-state index < -0.39 is 0 Å². The quantitative estimate of drug-likeness (QED) is 0.718. The fourth-order valence-electron chi connectivity index (χ4n) is 3.09. The van der Waals surface area contributed by atoms with Gasteiger partial charge in [0.1, 0.15) is 5.52 Å². The van der Waals surface area contributed by atoms with E-state index in [2.05, 4.69) is 4.98 Å². The molecule has 1 aliphatic rings. The Kier molecular flexibility index (Phi) is 5.03. The molecule has 3 rings (SSSR count). The van der Waals surface area contributed by atoms with Crippen LogP contribution in [0.3, 0.4) is 0 Å². The van der Waals surface area contributed by atoms with Crippen molar-refractivity contribution in [1.29, 1.82) is 0 Å². The van der Waals surface area contributed by atoms with Gasteiger partial charge in [-0.2, -0.15) is 0 Å². The maximum Gasteiger partial charge on any atom is 0.367 e. The predicted molar refractivity (Wildman–Crippen MR) is 88.2 cm³/mol. The summed E-state index contributed by atoms with van der Waals surface area (Å²) in [6.07, 6.45) is 6.79. The maximum atomic E-state index is 11.7. The number of fused-ring (bicyclic) bond motifs is 1. The summed E-state index contributed by atoms with van der Waals surface area (Å²) in [7, 11) is 1.44. The molecule has 1 fully saturated rings. The molecular formula is C17H21NO3S. The van der Waals surface area contributed by atoms with Crippen LogP contribution in [0.15, 0.2) is 28.7 Å². The molecule has 2 unspecified atom stereocenters. The molecule has 0 radical (unpaired) electrons. The van der Waals surface area contributed by atoms with E-state index in [1.807, 2.05) is 24.3 Å². The molecule has 4 nitrogen and oxygen atoms in total. The Bertz CT molecular complexity index is 607. The van der Waals surface area contributed by atoms with Gasteiger partial charge in [0.05, 0.1) is 7.11 Å². The maximum absolute atomic E-state index is 11.7. The van der Waals surface area contributed by atoms with Gasteiger partial charge < -0.3 is 9.15 Å². The third-order valence-electron chi connectivity index (χ3n) is 4.24. The minimum Gasteiger partial charge on any atom is -0.461 e. The lowest BCUT2D eigenvalue weighted by Gasteiger charge is -2.25. The first-order valence-electron chi connectivity index (χ1n) is 7.88. The highest BCUT2D eigenvalue weighted by atomic mass is 32.2. The van der Waals surface area contributed by atoms with Crippen molar-refractivity contribution in [2.75, 3.05) is 7.11 Å². The molecule has 0 saturated heterocycles. The normalized spacial score (nSPS) is 23.0. The summed E-state index contributed by atoms with van der Waals surface area (Å²) in [4.78, 5) is 16.4. The van der Waals surface area contributed by atoms with Crippen molar-refractivity contribution in [3.8, 4) is 0 Å². The summed E-state index contributed by atoms with van der Waals surface area (Å²) in [6.45, 7) is 0. The van der Waals surface area contributed by atoms with Crippen LogP contribution >= 0.6 is 11.8 Å². The molecular weight excluding hydrogens is 298 g/mol. The first kappa shape index (κ1) is 15.4. The zero-order valence-corrected chi connectivity index (χ0v) is 13.6. The smallest absolute Gasteiger partial charge is 0.367 e. The highest BCUT2D eigenvalue weighted by molar-refractivity contribution is 8.13. The minimum absolute atomic E-state index is 0.178. The average molecular weight is 319 g/mol. The van der Waals surface area contributed by atoms with E-state index in [9.17, 15) is 4.79 Å². The molecule has 2 atom stereocenters. The summed E-state index contributed by atoms with van der Waals surface area (Å²) in [5.41, 5.74) is 1.71. The fourth-order valence-corrected chi connectivity index (χ4v) is 4.14. The number of carbonyl (C=O) groups is 1. The lowest BCUT2D eigenvalue weighted by molar-refractivity contribution is 0.200. The molecule has 1 aromatic carbocycles. The van der Waals surface area contributed by atoms with Gasteiger partial charge in [0.15, 0.2) is 11.5 Å². The number of thioether (sulfide) groups is 1. The molecule has 5 heteroatoms. The molecule has 1 saturated carbocycles. The Balaban J connectivity index is 1.88. The number of rotatable bonds is 2. The van der Waals surface area contributed by atoms with Crippen molar-refractivity contribution in [3.05, 3.63) is 30.2 Å². The summed E-state index contributed by atoms with van der Waals surface area (Å²) in [5, 5.41) is -0.0347. The first-order chi connectivity index (χ1) is 10.8. The summed E-state index contributed by atoms with van der Waals surface area (Å²) in [6, 6.07) is 7.83. The average Bonchev–Trinajstić information content (AvgIpc) is 2.93. The van der Waals surface area contributed by atoms with Gasteiger partial charge in [-0.3, -0.25) is 0 Å². The number of para-hydroxylation sites is 2. The van der Waals surface area contributed by atoms with Crippen LogP contribution in [-0.2, 0) is 4.74 Å². The Labute approximate surface area is 134 Å². The molecule has 0 spiro atoms. The Morgan fingerprint density at radius 2 is 2.00 bits per heavy atom. The van der Waals surface area contributed by atoms with Crippen LogP contribution < -0.4 is 0 Å². The van der Waals surface area contributed by atoms with E-state index in [4.69, 9.17) is 9.15 Å². The van der Waals surface area contributed by atoms with Gasteiger partial charge in [0, 0.05) is 11.2 Å². The van der Waals surface area contributed by atoms with Crippen molar-refractivity contribution in [3.63, 3.8) is 0 Å². The van der Waals surface area contributed by atoms with Gasteiger partial charge in [0.25, 0.3) is 0 Å². The number of benzene rings is 1. The molecule has 0 N–H and O–H groups in total. The molecule has 118 valence electrons. The topological polar surface area (TPSA) is 52.3 Å². The fraction of sp³-hybridized carbons (Fsp3) is 0.529. The Hall–Kier alpha value is -1.49. The Morgan fingerprint density at radius 3 is 2.77 bits per heavy atom. The van der Waals surface area contributed by atoms with Crippen LogP contribution in [0.1, 0.15) is 50.3 Å². The monoisotopic (exact) mass is 319 g/mol. The zero-order chi connectivity index (χ0) is 15.4. The van der Waals surface area contributed by atoms with E-state index in [1.165, 1.54) is 31.7 Å². The number of hydrogen-bond acceptors (Lipinski definition) is 5. The second-order valence-electron chi connectivity index (χ2n) is 5.73. The van der Waals surface area contributed by atoms with Crippen molar-refractivity contribution >= 4 is 28.2 Å². The minimum atomic E-state index is -0.216. The van der Waals surface area contributed by atoms with Crippen LogP contribution in [0, 0.1) is 0 Å². The van der Waals surface area contributed by atoms with Crippen molar-refractivity contribution in [2.45, 2.75) is 49.7 Å². The van der Waals surface area contributed by atoms with Gasteiger partial charge in [-0.1, -0.05) is 37.8 Å². The van der Waals surface area contributed by atoms with E-state index in [0.717, 1.165) is 42.7 Å². The SMILES string of the molecule is COC(=O)SC1CCCCCCC1c1nc2ccccc2o1. The number of aromatic nitrogens is 1. The molecule has 0 aliphatic heterocycles. The number of hydrogen-bond donors (Lipinski definition) is 0. The molecule has 2 aromatic rings. The van der Waals surface area contributed by atoms with Crippen molar-refractivity contribution < 1.29 is 13.9 Å². The molecule has 1 heterocycles. The van der Waals surface area contributed by atoms with Gasteiger partial charge in [-0.05, 0) is 36.7 Å². The predicted octanol–water partition coefficient (Wildman–Crippen LogP) is 5.13. The third kappa shape index (κ3) is 3.46. The van der Waals surface area contributed by atoms with Crippen molar-refractivity contribution in [1.82, 2.24) is 4.98 Å². The van der Waals surface area contributed by atoms with E-state index in [0.29, 0.717) is 0 Å². The van der Waals surface area contributed by atoms with Crippen LogP contribution in [0.4, 0.5) is 4.79 Å². The molecule has 22 heavy (non-hydrogen) atoms. The third-order valence-corrected chi connectivity index (χ3v) is 5.47. The first-order valence-corrected chi connectivity index (χ1v) is 8.76. The standard InChI is InChI=1S/C17H21NO3S/c1-20-17(19)22-15-11-5-3-2-4-8-12(15)16-18-13-9-6-7-10-14(13)21-16/h6-7,9-10,12,15H,2-5,8,11H2,1H3. The van der Waals surface area contributed by atoms with E-state index in [-0.39, 0.29) is 16.5 Å². The number of ether oxygens (including phenoxy) is 1. The summed E-state index contributed by atoms with van der Waals surface area (Å²) < 4.78 is 10.8. The van der Waals surface area contributed by atoms with Crippen LogP contribution in [-0.4, -0.2) is 22.6 Å². The Morgan fingerprint density at radius 1 is 1.23 bits per heavy atom. The number of methoxy groups -OCH3 is 1. The van der Waals surface area contributed by atoms with E-state index >= 15 is 0 Å². The zero-order valence-electron chi connectivity index (χ0n) is 12.8. The lowest BCUT2D eigenvalue weighted by Crippen LogP contribution is -2.20. The van der Waals surface area contributed by atoms with Gasteiger partial charge >= 0.3 is 5.30 Å². The van der Waals surface area contributed by atoms with Crippen LogP contribution in [0.25, 0.3) is 11.1 Å². The van der Waals surface area contributed by atoms with Crippen LogP contribution in [0.2, 0.25) is 0 Å². The van der Waals surface area contributed by atoms with Gasteiger partial charge in [-0.25, -0.2) is 9.78 Å². The van der Waals surface area contributed by atoms with Gasteiger partial charge in [-0.15, -0.1) is 0 Å². The summed E-state index contributed by atoms with van der Waals surface area (Å²) in [5.74, 6) is 0.946. The number of nitrogens with zero attached hydrogens (tertiary/aromatic N) is 1. The van der Waals surface area contributed by atoms with Crippen molar-refractivity contribution in [2.24, 2.45) is 0 Å². The summed E-state index contributed by atoms with van der Waals surface area (Å²) >= 11 is 1.29. The second kappa shape index (κ2) is 7.18. The highest BCUT2D eigenvalue weighted by Gasteiger charge is 2.31. The van der Waals surface area contributed by atoms with Crippen LogP contribution in [0.5, 0.6) is 0 Å². The molecule has 1 aliphatic carbocycles. The largest absolute Gasteiger partial charge is 0.461 e. The number of carbonyl (C=O) groups excluding carboxylic acids is 1. The lowest BCUT2D eigenvalue weighted by atomic mass is 9.90. The van der Waals surface area contributed by atoms with Gasteiger partial charge in [0.2, 0.25) is 0 Å². The second-order valence-corrected chi connectivity index (χ2v) is 6.90. The molecule has 1 aromatic heterocycles.